The zero-order valence-electron chi connectivity index (χ0n) is 12.0. The van der Waals surface area contributed by atoms with Crippen molar-refractivity contribution in [1.29, 1.82) is 0 Å². The second-order valence-electron chi connectivity index (χ2n) is 5.97. The maximum absolute atomic E-state index is 12.5. The molecule has 1 unspecified atom stereocenters. The molecule has 2 fully saturated rings. The van der Waals surface area contributed by atoms with Crippen LogP contribution < -0.4 is 0 Å². The van der Waals surface area contributed by atoms with Gasteiger partial charge in [0, 0.05) is 38.6 Å². The average Bonchev–Trinajstić information content (AvgIpc) is 3.02. The number of piperidine rings is 1. The number of carbonyl (C=O) groups is 1. The van der Waals surface area contributed by atoms with E-state index in [0.717, 1.165) is 45.6 Å². The lowest BCUT2D eigenvalue weighted by molar-refractivity contribution is -0.136. The molecule has 0 bridgehead atoms. The Morgan fingerprint density at radius 2 is 2.10 bits per heavy atom. The van der Waals surface area contributed by atoms with Gasteiger partial charge in [0.15, 0.2) is 0 Å². The fourth-order valence-electron chi connectivity index (χ4n) is 3.35. The van der Waals surface area contributed by atoms with Gasteiger partial charge in [-0.05, 0) is 43.9 Å². The first kappa shape index (κ1) is 13.6. The zero-order valence-corrected chi connectivity index (χ0v) is 12.0. The standard InChI is InChI=1S/C16H23N3O/c20-16(19-9-1-2-10-19)15-6-4-8-18(13-15)12-14-5-3-7-17-11-14/h3,5,7,11,15H,1-2,4,6,8-10,12-13H2. The van der Waals surface area contributed by atoms with E-state index in [1.165, 1.54) is 18.4 Å². The van der Waals surface area contributed by atoms with Crippen molar-refractivity contribution in [3.05, 3.63) is 30.1 Å². The second-order valence-corrected chi connectivity index (χ2v) is 5.97. The Morgan fingerprint density at radius 1 is 1.25 bits per heavy atom. The summed E-state index contributed by atoms with van der Waals surface area (Å²) in [6.07, 6.45) is 8.27. The molecule has 1 aromatic heterocycles. The third kappa shape index (κ3) is 3.18. The summed E-state index contributed by atoms with van der Waals surface area (Å²) in [5.41, 5.74) is 1.24. The van der Waals surface area contributed by atoms with Gasteiger partial charge >= 0.3 is 0 Å². The van der Waals surface area contributed by atoms with Crippen LogP contribution in [0.4, 0.5) is 0 Å². The second kappa shape index (κ2) is 6.35. The van der Waals surface area contributed by atoms with E-state index in [-0.39, 0.29) is 5.92 Å². The van der Waals surface area contributed by atoms with Gasteiger partial charge in [0.05, 0.1) is 5.92 Å². The lowest BCUT2D eigenvalue weighted by Crippen LogP contribution is -2.43. The van der Waals surface area contributed by atoms with Gasteiger partial charge in [-0.3, -0.25) is 14.7 Å². The number of aromatic nitrogens is 1. The number of hydrogen-bond acceptors (Lipinski definition) is 3. The van der Waals surface area contributed by atoms with Crippen LogP contribution in [0.25, 0.3) is 0 Å². The first-order chi connectivity index (χ1) is 9.83. The minimum Gasteiger partial charge on any atom is -0.342 e. The van der Waals surface area contributed by atoms with Crippen molar-refractivity contribution in [2.75, 3.05) is 26.2 Å². The number of amides is 1. The summed E-state index contributed by atoms with van der Waals surface area (Å²) < 4.78 is 0. The number of pyridine rings is 1. The Labute approximate surface area is 120 Å². The molecule has 0 aliphatic carbocycles. The Balaban J connectivity index is 1.57. The molecule has 1 atom stereocenters. The lowest BCUT2D eigenvalue weighted by atomic mass is 9.96. The van der Waals surface area contributed by atoms with Crippen molar-refractivity contribution in [1.82, 2.24) is 14.8 Å². The van der Waals surface area contributed by atoms with Gasteiger partial charge in [-0.2, -0.15) is 0 Å². The fraction of sp³-hybridized carbons (Fsp3) is 0.625. The third-order valence-electron chi connectivity index (χ3n) is 4.40. The van der Waals surface area contributed by atoms with Crippen LogP contribution >= 0.6 is 0 Å². The van der Waals surface area contributed by atoms with Crippen molar-refractivity contribution < 1.29 is 4.79 Å². The average molecular weight is 273 g/mol. The molecule has 20 heavy (non-hydrogen) atoms. The summed E-state index contributed by atoms with van der Waals surface area (Å²) in [6, 6.07) is 4.09. The summed E-state index contributed by atoms with van der Waals surface area (Å²) in [5, 5.41) is 0. The molecule has 3 heterocycles. The predicted octanol–water partition coefficient (Wildman–Crippen LogP) is 1.92. The van der Waals surface area contributed by atoms with Crippen molar-refractivity contribution >= 4 is 5.91 Å². The SMILES string of the molecule is O=C(C1CCCN(Cc2cccnc2)C1)N1CCCC1. The van der Waals surface area contributed by atoms with Gasteiger partial charge in [0.25, 0.3) is 0 Å². The topological polar surface area (TPSA) is 36.4 Å². The van der Waals surface area contributed by atoms with Crippen LogP contribution in [0.1, 0.15) is 31.2 Å². The number of hydrogen-bond donors (Lipinski definition) is 0. The van der Waals surface area contributed by atoms with Crippen molar-refractivity contribution in [3.8, 4) is 0 Å². The summed E-state index contributed by atoms with van der Waals surface area (Å²) in [7, 11) is 0. The lowest BCUT2D eigenvalue weighted by Gasteiger charge is -2.33. The van der Waals surface area contributed by atoms with Crippen molar-refractivity contribution in [3.63, 3.8) is 0 Å². The van der Waals surface area contributed by atoms with Gasteiger partial charge < -0.3 is 4.90 Å². The van der Waals surface area contributed by atoms with E-state index in [1.807, 2.05) is 12.3 Å². The first-order valence-corrected chi connectivity index (χ1v) is 7.73. The molecular weight excluding hydrogens is 250 g/mol. The highest BCUT2D eigenvalue weighted by Gasteiger charge is 2.30. The fourth-order valence-corrected chi connectivity index (χ4v) is 3.35. The van der Waals surface area contributed by atoms with Crippen LogP contribution in [0.15, 0.2) is 24.5 Å². The summed E-state index contributed by atoms with van der Waals surface area (Å²) in [4.78, 5) is 21.1. The molecule has 2 aliphatic rings. The molecule has 2 saturated heterocycles. The van der Waals surface area contributed by atoms with E-state index >= 15 is 0 Å². The summed E-state index contributed by atoms with van der Waals surface area (Å²) >= 11 is 0. The molecule has 0 N–H and O–H groups in total. The van der Waals surface area contributed by atoms with E-state index in [4.69, 9.17) is 0 Å². The number of carbonyl (C=O) groups excluding carboxylic acids is 1. The van der Waals surface area contributed by atoms with Crippen LogP contribution in [0.5, 0.6) is 0 Å². The summed E-state index contributed by atoms with van der Waals surface area (Å²) in [5.74, 6) is 0.594. The molecule has 108 valence electrons. The molecule has 0 saturated carbocycles. The quantitative estimate of drug-likeness (QED) is 0.844. The van der Waals surface area contributed by atoms with Crippen LogP contribution in [-0.4, -0.2) is 46.9 Å². The molecule has 0 aromatic carbocycles. The van der Waals surface area contributed by atoms with E-state index < -0.39 is 0 Å². The minimum atomic E-state index is 0.207. The molecule has 4 heteroatoms. The maximum Gasteiger partial charge on any atom is 0.226 e. The van der Waals surface area contributed by atoms with Crippen LogP contribution in [-0.2, 0) is 11.3 Å². The molecule has 1 amide bonds. The Kier molecular flexibility index (Phi) is 4.31. The number of nitrogens with zero attached hydrogens (tertiary/aromatic N) is 3. The van der Waals surface area contributed by atoms with Gasteiger partial charge in [0.2, 0.25) is 5.91 Å². The molecule has 3 rings (SSSR count). The Hall–Kier alpha value is -1.42. The molecule has 0 radical (unpaired) electrons. The molecule has 4 nitrogen and oxygen atoms in total. The summed E-state index contributed by atoms with van der Waals surface area (Å²) in [6.45, 7) is 4.86. The van der Waals surface area contributed by atoms with Gasteiger partial charge in [0.1, 0.15) is 0 Å². The maximum atomic E-state index is 12.5. The van der Waals surface area contributed by atoms with Gasteiger partial charge in [-0.25, -0.2) is 0 Å². The van der Waals surface area contributed by atoms with Crippen LogP contribution in [0.3, 0.4) is 0 Å². The third-order valence-corrected chi connectivity index (χ3v) is 4.40. The molecule has 2 aliphatic heterocycles. The zero-order chi connectivity index (χ0) is 13.8. The van der Waals surface area contributed by atoms with E-state index in [9.17, 15) is 4.79 Å². The normalized spacial score (nSPS) is 24.0. The van der Waals surface area contributed by atoms with Crippen LogP contribution in [0, 0.1) is 5.92 Å². The Bertz CT molecular complexity index is 442. The highest BCUT2D eigenvalue weighted by atomic mass is 16.2. The van der Waals surface area contributed by atoms with Gasteiger partial charge in [-0.15, -0.1) is 0 Å². The molecule has 1 aromatic rings. The largest absolute Gasteiger partial charge is 0.342 e. The van der Waals surface area contributed by atoms with Crippen molar-refractivity contribution in [2.24, 2.45) is 5.92 Å². The van der Waals surface area contributed by atoms with E-state index in [2.05, 4.69) is 20.9 Å². The van der Waals surface area contributed by atoms with Crippen molar-refractivity contribution in [2.45, 2.75) is 32.2 Å². The smallest absolute Gasteiger partial charge is 0.226 e. The highest BCUT2D eigenvalue weighted by molar-refractivity contribution is 5.79. The molecular formula is C16H23N3O. The molecule has 0 spiro atoms. The van der Waals surface area contributed by atoms with Gasteiger partial charge in [-0.1, -0.05) is 6.07 Å². The Morgan fingerprint density at radius 3 is 2.85 bits per heavy atom. The number of likely N-dealkylation sites (tertiary alicyclic amines) is 2. The highest BCUT2D eigenvalue weighted by Crippen LogP contribution is 2.22. The number of rotatable bonds is 3. The van der Waals surface area contributed by atoms with Crippen LogP contribution in [0.2, 0.25) is 0 Å². The monoisotopic (exact) mass is 273 g/mol. The predicted molar refractivity (Wildman–Crippen MR) is 78.1 cm³/mol. The van der Waals surface area contributed by atoms with E-state index in [1.54, 1.807) is 6.20 Å². The first-order valence-electron chi connectivity index (χ1n) is 7.73. The minimum absolute atomic E-state index is 0.207. The van der Waals surface area contributed by atoms with E-state index in [0.29, 0.717) is 5.91 Å².